The molecule has 0 atom stereocenters. The highest BCUT2D eigenvalue weighted by molar-refractivity contribution is 7.88. The van der Waals surface area contributed by atoms with Crippen molar-refractivity contribution in [3.05, 3.63) is 52.9 Å². The van der Waals surface area contributed by atoms with Crippen LogP contribution in [0.2, 0.25) is 0 Å². The number of nitrogens with zero attached hydrogens (tertiary/aromatic N) is 1. The van der Waals surface area contributed by atoms with Crippen LogP contribution in [0, 0.1) is 13.8 Å². The van der Waals surface area contributed by atoms with Gasteiger partial charge in [-0.3, -0.25) is 0 Å². The molecule has 0 aliphatic carbocycles. The first-order valence-electron chi connectivity index (χ1n) is 5.91. The van der Waals surface area contributed by atoms with Crippen molar-refractivity contribution in [1.82, 2.24) is 9.88 Å². The molecule has 0 amide bonds. The lowest BCUT2D eigenvalue weighted by molar-refractivity contribution is 0.392. The molecule has 0 aliphatic heterocycles. The first-order valence-corrected chi connectivity index (χ1v) is 7.56. The van der Waals surface area contributed by atoms with Gasteiger partial charge in [0.15, 0.2) is 0 Å². The average Bonchev–Trinajstić information content (AvgIpc) is 2.67. The van der Waals surface area contributed by atoms with Gasteiger partial charge in [-0.25, -0.2) is 13.1 Å². The van der Waals surface area contributed by atoms with Crippen molar-refractivity contribution in [2.45, 2.75) is 26.1 Å². The van der Waals surface area contributed by atoms with E-state index < -0.39 is 10.0 Å². The minimum absolute atomic E-state index is 0.0305. The molecule has 0 saturated heterocycles. The Bertz CT molecular complexity index is 628. The number of hydrogen-bond donors (Lipinski definition) is 1. The number of aromatic nitrogens is 1. The average molecular weight is 280 g/mol. The minimum atomic E-state index is -3.36. The lowest BCUT2D eigenvalue weighted by Crippen LogP contribution is -2.25. The maximum Gasteiger partial charge on any atom is 0.216 e. The van der Waals surface area contributed by atoms with Crippen LogP contribution in [0.1, 0.15) is 22.6 Å². The Balaban J connectivity index is 2.03. The Hall–Kier alpha value is -1.66. The highest BCUT2D eigenvalue weighted by Gasteiger charge is 2.14. The summed E-state index contributed by atoms with van der Waals surface area (Å²) in [4.78, 5) is 0. The summed E-state index contributed by atoms with van der Waals surface area (Å²) in [5.74, 6) is 0.608. The number of hydrogen-bond acceptors (Lipinski definition) is 4. The van der Waals surface area contributed by atoms with Gasteiger partial charge in [-0.15, -0.1) is 0 Å². The topological polar surface area (TPSA) is 72.2 Å². The molecule has 0 bridgehead atoms. The molecule has 0 spiro atoms. The number of sulfonamides is 1. The molecule has 0 aliphatic rings. The van der Waals surface area contributed by atoms with Gasteiger partial charge >= 0.3 is 0 Å². The second-order valence-corrected chi connectivity index (χ2v) is 6.18. The van der Waals surface area contributed by atoms with Crippen LogP contribution in [0.25, 0.3) is 0 Å². The van der Waals surface area contributed by atoms with Crippen molar-refractivity contribution in [2.75, 3.05) is 0 Å². The van der Waals surface area contributed by atoms with Crippen LogP contribution in [-0.2, 0) is 22.3 Å². The van der Waals surface area contributed by atoms with Crippen LogP contribution < -0.4 is 4.72 Å². The third kappa shape index (κ3) is 3.65. The van der Waals surface area contributed by atoms with Crippen LogP contribution in [-0.4, -0.2) is 13.6 Å². The summed E-state index contributed by atoms with van der Waals surface area (Å²) in [6.45, 7) is 3.76. The van der Waals surface area contributed by atoms with Gasteiger partial charge in [0.2, 0.25) is 10.0 Å². The molecule has 0 saturated carbocycles. The molecule has 2 aromatic rings. The molecule has 0 unspecified atom stereocenters. The van der Waals surface area contributed by atoms with E-state index in [0.717, 1.165) is 11.1 Å². The summed E-state index contributed by atoms with van der Waals surface area (Å²) in [7, 11) is -3.36. The molecule has 0 fully saturated rings. The Kier molecular flexibility index (Phi) is 4.01. The lowest BCUT2D eigenvalue weighted by Gasteiger charge is -2.06. The Morgan fingerprint density at radius 1 is 1.21 bits per heavy atom. The van der Waals surface area contributed by atoms with Gasteiger partial charge in [-0.05, 0) is 19.4 Å². The zero-order chi connectivity index (χ0) is 13.9. The van der Waals surface area contributed by atoms with Crippen molar-refractivity contribution < 1.29 is 12.9 Å². The number of nitrogens with one attached hydrogen (secondary N) is 1. The van der Waals surface area contributed by atoms with Crippen LogP contribution in [0.3, 0.4) is 0 Å². The standard InChI is InChI=1S/C13H16N2O3S/c1-10-13(11(2)18-15-10)8-14-19(16,17)9-12-6-4-3-5-7-12/h3-7,14H,8-9H2,1-2H3. The molecular weight excluding hydrogens is 264 g/mol. The Morgan fingerprint density at radius 2 is 1.89 bits per heavy atom. The third-order valence-corrected chi connectivity index (χ3v) is 4.15. The number of aryl methyl sites for hydroxylation is 2. The van der Waals surface area contributed by atoms with E-state index in [-0.39, 0.29) is 12.3 Å². The zero-order valence-electron chi connectivity index (χ0n) is 10.9. The van der Waals surface area contributed by atoms with E-state index in [1.54, 1.807) is 26.0 Å². The molecule has 6 heteroatoms. The van der Waals surface area contributed by atoms with E-state index in [0.29, 0.717) is 11.5 Å². The first-order chi connectivity index (χ1) is 8.98. The van der Waals surface area contributed by atoms with Gasteiger partial charge in [0.05, 0.1) is 11.4 Å². The molecule has 1 aromatic heterocycles. The molecule has 0 radical (unpaired) electrons. The second kappa shape index (κ2) is 5.54. The normalized spacial score (nSPS) is 11.7. The lowest BCUT2D eigenvalue weighted by atomic mass is 10.2. The first kappa shape index (κ1) is 13.8. The van der Waals surface area contributed by atoms with Crippen molar-refractivity contribution in [1.29, 1.82) is 0 Å². The van der Waals surface area contributed by atoms with E-state index in [9.17, 15) is 8.42 Å². The molecule has 1 heterocycles. The van der Waals surface area contributed by atoms with Gasteiger partial charge in [0, 0.05) is 12.1 Å². The Morgan fingerprint density at radius 3 is 2.47 bits per heavy atom. The number of rotatable bonds is 5. The van der Waals surface area contributed by atoms with E-state index >= 15 is 0 Å². The Labute approximate surface area is 112 Å². The van der Waals surface area contributed by atoms with E-state index in [2.05, 4.69) is 9.88 Å². The van der Waals surface area contributed by atoms with Gasteiger partial charge in [-0.1, -0.05) is 35.5 Å². The van der Waals surface area contributed by atoms with Crippen molar-refractivity contribution in [3.63, 3.8) is 0 Å². The third-order valence-electron chi connectivity index (χ3n) is 2.85. The molecule has 1 N–H and O–H groups in total. The minimum Gasteiger partial charge on any atom is -0.361 e. The summed E-state index contributed by atoms with van der Waals surface area (Å²) >= 11 is 0. The summed E-state index contributed by atoms with van der Waals surface area (Å²) < 4.78 is 31.5. The summed E-state index contributed by atoms with van der Waals surface area (Å²) in [6.07, 6.45) is 0. The van der Waals surface area contributed by atoms with Gasteiger partial charge in [0.25, 0.3) is 0 Å². The molecule has 1 aromatic carbocycles. The van der Waals surface area contributed by atoms with E-state index in [4.69, 9.17) is 4.52 Å². The van der Waals surface area contributed by atoms with Crippen LogP contribution in [0.5, 0.6) is 0 Å². The largest absolute Gasteiger partial charge is 0.361 e. The summed E-state index contributed by atoms with van der Waals surface area (Å²) in [6, 6.07) is 9.07. The second-order valence-electron chi connectivity index (χ2n) is 4.37. The van der Waals surface area contributed by atoms with E-state index in [1.165, 1.54) is 0 Å². The zero-order valence-corrected chi connectivity index (χ0v) is 11.7. The monoisotopic (exact) mass is 280 g/mol. The smallest absolute Gasteiger partial charge is 0.216 e. The molecule has 19 heavy (non-hydrogen) atoms. The van der Waals surface area contributed by atoms with Crippen molar-refractivity contribution in [3.8, 4) is 0 Å². The van der Waals surface area contributed by atoms with Gasteiger partial charge in [-0.2, -0.15) is 0 Å². The maximum atomic E-state index is 12.0. The van der Waals surface area contributed by atoms with Gasteiger partial charge in [0.1, 0.15) is 5.76 Å². The molecular formula is C13H16N2O3S. The van der Waals surface area contributed by atoms with Crippen LogP contribution in [0.4, 0.5) is 0 Å². The van der Waals surface area contributed by atoms with E-state index in [1.807, 2.05) is 18.2 Å². The van der Waals surface area contributed by atoms with Crippen molar-refractivity contribution >= 4 is 10.0 Å². The predicted octanol–water partition coefficient (Wildman–Crippen LogP) is 1.91. The fourth-order valence-corrected chi connectivity index (χ4v) is 2.88. The molecule has 2 rings (SSSR count). The maximum absolute atomic E-state index is 12.0. The van der Waals surface area contributed by atoms with Crippen molar-refractivity contribution in [2.24, 2.45) is 0 Å². The molecule has 102 valence electrons. The van der Waals surface area contributed by atoms with Gasteiger partial charge < -0.3 is 4.52 Å². The summed E-state index contributed by atoms with van der Waals surface area (Å²) in [5.41, 5.74) is 2.25. The number of benzene rings is 1. The quantitative estimate of drug-likeness (QED) is 0.908. The summed E-state index contributed by atoms with van der Waals surface area (Å²) in [5, 5.41) is 3.79. The highest BCUT2D eigenvalue weighted by atomic mass is 32.2. The van der Waals surface area contributed by atoms with Crippen LogP contribution >= 0.6 is 0 Å². The fourth-order valence-electron chi connectivity index (χ4n) is 1.78. The highest BCUT2D eigenvalue weighted by Crippen LogP contribution is 2.12. The van der Waals surface area contributed by atoms with Crippen LogP contribution in [0.15, 0.2) is 34.9 Å². The predicted molar refractivity (Wildman–Crippen MR) is 71.9 cm³/mol. The SMILES string of the molecule is Cc1noc(C)c1CNS(=O)(=O)Cc1ccccc1. The molecule has 5 nitrogen and oxygen atoms in total. The fraction of sp³-hybridized carbons (Fsp3) is 0.308.